The van der Waals surface area contributed by atoms with Crippen LogP contribution in [0.3, 0.4) is 0 Å². The summed E-state index contributed by atoms with van der Waals surface area (Å²) in [4.78, 5) is 0. The summed E-state index contributed by atoms with van der Waals surface area (Å²) in [5, 5.41) is 10.4. The van der Waals surface area contributed by atoms with E-state index in [-0.39, 0.29) is 5.82 Å². The van der Waals surface area contributed by atoms with Gasteiger partial charge in [-0.3, -0.25) is 0 Å². The maximum absolute atomic E-state index is 13.1. The van der Waals surface area contributed by atoms with Crippen LogP contribution in [-0.4, -0.2) is 5.11 Å². The van der Waals surface area contributed by atoms with E-state index in [1.165, 1.54) is 43.9 Å². The molecule has 0 bridgehead atoms. The molecule has 0 radical (unpaired) electrons. The highest BCUT2D eigenvalue weighted by molar-refractivity contribution is 6.31. The van der Waals surface area contributed by atoms with Gasteiger partial charge in [0.15, 0.2) is 0 Å². The van der Waals surface area contributed by atoms with Gasteiger partial charge in [-0.2, -0.15) is 0 Å². The molecule has 0 aliphatic rings. The molecule has 18 heavy (non-hydrogen) atoms. The fraction of sp³-hybridized carbons (Fsp3) is 0.600. The standard InChI is InChI=1S/C15H22ClFO/c1-2-3-4-5-6-7-8-15(18)13-11-12(17)9-10-14(13)16/h9-11,15,18H,2-8H2,1H3. The number of unbranched alkanes of at least 4 members (excludes halogenated alkanes) is 5. The lowest BCUT2D eigenvalue weighted by Crippen LogP contribution is -1.99. The normalized spacial score (nSPS) is 12.7. The van der Waals surface area contributed by atoms with Crippen LogP contribution in [0.15, 0.2) is 18.2 Å². The Morgan fingerprint density at radius 2 is 1.83 bits per heavy atom. The van der Waals surface area contributed by atoms with Crippen molar-refractivity contribution in [3.8, 4) is 0 Å². The van der Waals surface area contributed by atoms with Crippen LogP contribution in [-0.2, 0) is 0 Å². The summed E-state index contributed by atoms with van der Waals surface area (Å²) < 4.78 is 13.1. The minimum atomic E-state index is -0.653. The van der Waals surface area contributed by atoms with Gasteiger partial charge in [0.1, 0.15) is 5.82 Å². The smallest absolute Gasteiger partial charge is 0.123 e. The highest BCUT2D eigenvalue weighted by atomic mass is 35.5. The van der Waals surface area contributed by atoms with Gasteiger partial charge < -0.3 is 5.11 Å². The first kappa shape index (κ1) is 15.5. The van der Waals surface area contributed by atoms with E-state index in [0.29, 0.717) is 17.0 Å². The van der Waals surface area contributed by atoms with Crippen molar-refractivity contribution in [1.29, 1.82) is 0 Å². The monoisotopic (exact) mass is 272 g/mol. The van der Waals surface area contributed by atoms with Crippen LogP contribution in [0.1, 0.15) is 63.5 Å². The molecule has 0 aromatic heterocycles. The van der Waals surface area contributed by atoms with E-state index >= 15 is 0 Å². The van der Waals surface area contributed by atoms with Gasteiger partial charge >= 0.3 is 0 Å². The van der Waals surface area contributed by atoms with Crippen molar-refractivity contribution in [1.82, 2.24) is 0 Å². The first-order chi connectivity index (χ1) is 8.65. The van der Waals surface area contributed by atoms with Gasteiger partial charge in [-0.15, -0.1) is 0 Å². The molecule has 0 aliphatic carbocycles. The molecule has 0 amide bonds. The molecule has 0 aliphatic heterocycles. The molecular weight excluding hydrogens is 251 g/mol. The van der Waals surface area contributed by atoms with Gasteiger partial charge in [0, 0.05) is 10.6 Å². The molecule has 1 atom stereocenters. The second-order valence-electron chi connectivity index (χ2n) is 4.74. The zero-order chi connectivity index (χ0) is 13.4. The number of hydrogen-bond donors (Lipinski definition) is 1. The summed E-state index contributed by atoms with van der Waals surface area (Å²) >= 11 is 5.95. The fourth-order valence-corrected chi connectivity index (χ4v) is 2.29. The molecular formula is C15H22ClFO. The van der Waals surface area contributed by atoms with E-state index in [2.05, 4.69) is 6.92 Å². The number of hydrogen-bond acceptors (Lipinski definition) is 1. The maximum Gasteiger partial charge on any atom is 0.123 e. The molecule has 0 saturated carbocycles. The Labute approximate surface area is 114 Å². The van der Waals surface area contributed by atoms with Gasteiger partial charge in [0.25, 0.3) is 0 Å². The van der Waals surface area contributed by atoms with Crippen LogP contribution in [0.25, 0.3) is 0 Å². The minimum absolute atomic E-state index is 0.351. The molecule has 1 nitrogen and oxygen atoms in total. The van der Waals surface area contributed by atoms with Crippen LogP contribution < -0.4 is 0 Å². The van der Waals surface area contributed by atoms with Crippen LogP contribution in [0, 0.1) is 5.82 Å². The lowest BCUT2D eigenvalue weighted by molar-refractivity contribution is 0.163. The molecule has 3 heteroatoms. The third-order valence-electron chi connectivity index (χ3n) is 3.15. The third-order valence-corrected chi connectivity index (χ3v) is 3.49. The zero-order valence-corrected chi connectivity index (χ0v) is 11.7. The summed E-state index contributed by atoms with van der Waals surface area (Å²) in [7, 11) is 0. The quantitative estimate of drug-likeness (QED) is 0.640. The summed E-state index contributed by atoms with van der Waals surface area (Å²) in [6, 6.07) is 4.13. The second kappa shape index (κ2) is 8.49. The van der Waals surface area contributed by atoms with Crippen molar-refractivity contribution in [2.24, 2.45) is 0 Å². The molecule has 1 unspecified atom stereocenters. The summed E-state index contributed by atoms with van der Waals surface area (Å²) in [6.45, 7) is 2.19. The molecule has 1 aromatic rings. The highest BCUT2D eigenvalue weighted by Gasteiger charge is 2.12. The van der Waals surface area contributed by atoms with Crippen molar-refractivity contribution in [2.45, 2.75) is 58.0 Å². The predicted octanol–water partition coefficient (Wildman–Crippen LogP) is 5.26. The van der Waals surface area contributed by atoms with Crippen LogP contribution in [0.4, 0.5) is 4.39 Å². The van der Waals surface area contributed by atoms with Crippen LogP contribution in [0.2, 0.25) is 5.02 Å². The fourth-order valence-electron chi connectivity index (χ4n) is 2.04. The average Bonchev–Trinajstić information content (AvgIpc) is 2.36. The minimum Gasteiger partial charge on any atom is -0.388 e. The Morgan fingerprint density at radius 3 is 2.56 bits per heavy atom. The topological polar surface area (TPSA) is 20.2 Å². The Morgan fingerprint density at radius 1 is 1.17 bits per heavy atom. The first-order valence-electron chi connectivity index (χ1n) is 6.78. The third kappa shape index (κ3) is 5.36. The van der Waals surface area contributed by atoms with Gasteiger partial charge in [-0.25, -0.2) is 4.39 Å². The van der Waals surface area contributed by atoms with E-state index in [1.54, 1.807) is 0 Å². The number of benzene rings is 1. The lowest BCUT2D eigenvalue weighted by atomic mass is 10.0. The van der Waals surface area contributed by atoms with Crippen molar-refractivity contribution >= 4 is 11.6 Å². The van der Waals surface area contributed by atoms with E-state index in [0.717, 1.165) is 12.8 Å². The number of rotatable bonds is 8. The molecule has 0 spiro atoms. The van der Waals surface area contributed by atoms with Gasteiger partial charge in [0.2, 0.25) is 0 Å². The van der Waals surface area contributed by atoms with Gasteiger partial charge in [-0.05, 0) is 24.6 Å². The Hall–Kier alpha value is -0.600. The molecule has 0 heterocycles. The predicted molar refractivity (Wildman–Crippen MR) is 74.4 cm³/mol. The van der Waals surface area contributed by atoms with Gasteiger partial charge in [0.05, 0.1) is 6.10 Å². The molecule has 1 aromatic carbocycles. The number of aliphatic hydroxyl groups excluding tert-OH is 1. The maximum atomic E-state index is 13.1. The van der Waals surface area contributed by atoms with Crippen molar-refractivity contribution in [2.75, 3.05) is 0 Å². The SMILES string of the molecule is CCCCCCCCC(O)c1cc(F)ccc1Cl. The second-order valence-corrected chi connectivity index (χ2v) is 5.15. The molecule has 1 rings (SSSR count). The molecule has 0 saturated heterocycles. The lowest BCUT2D eigenvalue weighted by Gasteiger charge is -2.12. The largest absolute Gasteiger partial charge is 0.388 e. The summed E-state index contributed by atoms with van der Waals surface area (Å²) in [6.07, 6.45) is 7.04. The zero-order valence-electron chi connectivity index (χ0n) is 11.0. The van der Waals surface area contributed by atoms with Gasteiger partial charge in [-0.1, -0.05) is 57.0 Å². The highest BCUT2D eigenvalue weighted by Crippen LogP contribution is 2.27. The van der Waals surface area contributed by atoms with E-state index in [4.69, 9.17) is 11.6 Å². The number of halogens is 2. The van der Waals surface area contributed by atoms with E-state index in [1.807, 2.05) is 0 Å². The Kier molecular flexibility index (Phi) is 7.29. The molecule has 102 valence electrons. The number of aliphatic hydroxyl groups is 1. The van der Waals surface area contributed by atoms with Crippen LogP contribution >= 0.6 is 11.6 Å². The van der Waals surface area contributed by atoms with E-state index in [9.17, 15) is 9.50 Å². The van der Waals surface area contributed by atoms with Crippen molar-refractivity contribution < 1.29 is 9.50 Å². The van der Waals surface area contributed by atoms with Crippen LogP contribution in [0.5, 0.6) is 0 Å². The Bertz CT molecular complexity index is 354. The molecule has 1 N–H and O–H groups in total. The Balaban J connectivity index is 2.31. The summed E-state index contributed by atoms with van der Waals surface area (Å²) in [5.41, 5.74) is 0.505. The van der Waals surface area contributed by atoms with Crippen molar-refractivity contribution in [3.05, 3.63) is 34.6 Å². The first-order valence-corrected chi connectivity index (χ1v) is 7.16. The van der Waals surface area contributed by atoms with Crippen molar-refractivity contribution in [3.63, 3.8) is 0 Å². The van der Waals surface area contributed by atoms with E-state index < -0.39 is 6.10 Å². The summed E-state index contributed by atoms with van der Waals surface area (Å²) in [5.74, 6) is -0.351. The average molecular weight is 273 g/mol. The molecule has 0 fully saturated rings.